The minimum Gasteiger partial charge on any atom is -0.468 e. The Hall–Kier alpha value is -2.32. The van der Waals surface area contributed by atoms with Crippen LogP contribution in [0.25, 0.3) is 10.2 Å². The normalized spacial score (nSPS) is 11.7. The van der Waals surface area contributed by atoms with Gasteiger partial charge in [-0.2, -0.15) is 4.99 Å². The predicted molar refractivity (Wildman–Crippen MR) is 95.8 cm³/mol. The molecule has 0 aliphatic rings. The Morgan fingerprint density at radius 3 is 2.76 bits per heavy atom. The van der Waals surface area contributed by atoms with E-state index in [-0.39, 0.29) is 12.1 Å². The molecule has 0 N–H and O–H groups in total. The number of hydrogen-bond acceptors (Lipinski definition) is 4. The average Bonchev–Trinajstić information content (AvgIpc) is 2.91. The van der Waals surface area contributed by atoms with Crippen LogP contribution in [0.15, 0.2) is 51.9 Å². The lowest BCUT2D eigenvalue weighted by atomic mass is 10.2. The average molecular weight is 423 g/mol. The van der Waals surface area contributed by atoms with E-state index in [0.29, 0.717) is 4.80 Å². The van der Waals surface area contributed by atoms with Crippen molar-refractivity contribution in [3.8, 4) is 0 Å². The summed E-state index contributed by atoms with van der Waals surface area (Å²) < 4.78 is 21.8. The fraction of sp³-hybridized carbons (Fsp3) is 0.118. The van der Waals surface area contributed by atoms with Crippen molar-refractivity contribution in [1.82, 2.24) is 4.57 Å². The van der Waals surface area contributed by atoms with E-state index in [1.54, 1.807) is 10.6 Å². The molecule has 128 valence electrons. The molecular weight excluding hydrogens is 411 g/mol. The number of fused-ring (bicyclic) bond motifs is 1. The number of nitrogens with zero attached hydrogens (tertiary/aromatic N) is 2. The molecule has 0 spiro atoms. The highest BCUT2D eigenvalue weighted by Gasteiger charge is 2.14. The number of methoxy groups -OCH3 is 1. The zero-order valence-electron chi connectivity index (χ0n) is 13.0. The molecule has 0 fully saturated rings. The van der Waals surface area contributed by atoms with Gasteiger partial charge in [0.1, 0.15) is 12.4 Å². The minimum atomic E-state index is -0.706. The monoisotopic (exact) mass is 422 g/mol. The van der Waals surface area contributed by atoms with E-state index in [1.807, 2.05) is 18.2 Å². The van der Waals surface area contributed by atoms with Gasteiger partial charge in [-0.05, 0) is 30.3 Å². The summed E-state index contributed by atoms with van der Waals surface area (Å²) in [5.74, 6) is -1.82. The summed E-state index contributed by atoms with van der Waals surface area (Å²) in [5, 5.41) is 0. The first-order valence-corrected chi connectivity index (χ1v) is 8.80. The van der Waals surface area contributed by atoms with Crippen molar-refractivity contribution in [1.29, 1.82) is 0 Å². The topological polar surface area (TPSA) is 60.7 Å². The van der Waals surface area contributed by atoms with Crippen molar-refractivity contribution < 1.29 is 18.7 Å². The second-order valence-corrected chi connectivity index (χ2v) is 6.98. The van der Waals surface area contributed by atoms with Crippen LogP contribution in [0.3, 0.4) is 0 Å². The van der Waals surface area contributed by atoms with Gasteiger partial charge in [-0.15, -0.1) is 0 Å². The molecule has 3 rings (SSSR count). The van der Waals surface area contributed by atoms with Gasteiger partial charge in [0.25, 0.3) is 5.91 Å². The molecule has 8 heteroatoms. The van der Waals surface area contributed by atoms with Gasteiger partial charge in [0.05, 0.1) is 22.9 Å². The van der Waals surface area contributed by atoms with Crippen LogP contribution in [0.2, 0.25) is 0 Å². The third-order valence-electron chi connectivity index (χ3n) is 3.46. The van der Waals surface area contributed by atoms with Gasteiger partial charge in [-0.1, -0.05) is 39.4 Å². The highest BCUT2D eigenvalue weighted by molar-refractivity contribution is 9.10. The van der Waals surface area contributed by atoms with Crippen LogP contribution in [-0.4, -0.2) is 23.6 Å². The maximum absolute atomic E-state index is 13.8. The number of carbonyl (C=O) groups is 2. The van der Waals surface area contributed by atoms with Crippen molar-refractivity contribution in [2.45, 2.75) is 6.54 Å². The Kier molecular flexibility index (Phi) is 5.10. The number of amides is 1. The molecule has 0 aliphatic carbocycles. The number of halogens is 2. The van der Waals surface area contributed by atoms with Gasteiger partial charge in [-0.3, -0.25) is 9.59 Å². The van der Waals surface area contributed by atoms with Crippen LogP contribution in [0.1, 0.15) is 10.4 Å². The van der Waals surface area contributed by atoms with Gasteiger partial charge < -0.3 is 9.30 Å². The molecule has 0 saturated carbocycles. The van der Waals surface area contributed by atoms with E-state index in [2.05, 4.69) is 20.9 Å². The summed E-state index contributed by atoms with van der Waals surface area (Å²) >= 11 is 4.62. The van der Waals surface area contributed by atoms with Crippen molar-refractivity contribution in [2.75, 3.05) is 7.11 Å². The fourth-order valence-corrected chi connectivity index (χ4v) is 3.84. The molecule has 2 aromatic carbocycles. The first-order chi connectivity index (χ1) is 12.0. The van der Waals surface area contributed by atoms with Gasteiger partial charge in [0.2, 0.25) is 0 Å². The van der Waals surface area contributed by atoms with Crippen molar-refractivity contribution in [2.24, 2.45) is 4.99 Å². The summed E-state index contributed by atoms with van der Waals surface area (Å²) in [6, 6.07) is 11.1. The molecule has 25 heavy (non-hydrogen) atoms. The molecule has 3 aromatic rings. The Morgan fingerprint density at radius 1 is 1.28 bits per heavy atom. The Bertz CT molecular complexity index is 1040. The standard InChI is InChI=1S/C17H12BrFN2O3S/c1-24-15(22)9-21-13-7-6-10(18)8-14(13)25-17(21)20-16(23)11-4-2-3-5-12(11)19/h2-8H,9H2,1H3. The molecule has 0 saturated heterocycles. The largest absolute Gasteiger partial charge is 0.468 e. The molecule has 0 unspecified atom stereocenters. The maximum atomic E-state index is 13.8. The molecule has 1 aromatic heterocycles. The third-order valence-corrected chi connectivity index (χ3v) is 5.00. The molecule has 1 heterocycles. The third kappa shape index (κ3) is 3.69. The van der Waals surface area contributed by atoms with Crippen molar-refractivity contribution >= 4 is 49.4 Å². The Labute approximate surface area is 154 Å². The molecular formula is C17H12BrFN2O3S. The van der Waals surface area contributed by atoms with E-state index < -0.39 is 17.7 Å². The lowest BCUT2D eigenvalue weighted by Gasteiger charge is -2.03. The van der Waals surface area contributed by atoms with E-state index in [0.717, 1.165) is 14.7 Å². The van der Waals surface area contributed by atoms with Crippen LogP contribution in [0.4, 0.5) is 4.39 Å². The second kappa shape index (κ2) is 7.28. The van der Waals surface area contributed by atoms with E-state index >= 15 is 0 Å². The van der Waals surface area contributed by atoms with Crippen LogP contribution < -0.4 is 4.80 Å². The summed E-state index contributed by atoms with van der Waals surface area (Å²) in [5.41, 5.74) is 0.615. The summed E-state index contributed by atoms with van der Waals surface area (Å²) in [6.07, 6.45) is 0. The van der Waals surface area contributed by atoms with E-state index in [1.165, 1.54) is 36.6 Å². The lowest BCUT2D eigenvalue weighted by Crippen LogP contribution is -2.22. The number of esters is 1. The zero-order valence-corrected chi connectivity index (χ0v) is 15.4. The van der Waals surface area contributed by atoms with Crippen LogP contribution in [0, 0.1) is 5.82 Å². The first kappa shape index (κ1) is 17.5. The van der Waals surface area contributed by atoms with Gasteiger partial charge in [0, 0.05) is 4.47 Å². The molecule has 0 aliphatic heterocycles. The first-order valence-electron chi connectivity index (χ1n) is 7.19. The van der Waals surface area contributed by atoms with E-state index in [4.69, 9.17) is 4.74 Å². The highest BCUT2D eigenvalue weighted by Crippen LogP contribution is 2.22. The summed E-state index contributed by atoms with van der Waals surface area (Å²) in [7, 11) is 1.29. The molecule has 1 amide bonds. The zero-order chi connectivity index (χ0) is 18.0. The number of thiazole rings is 1. The van der Waals surface area contributed by atoms with Crippen molar-refractivity contribution in [3.05, 3.63) is 63.1 Å². The van der Waals surface area contributed by atoms with Gasteiger partial charge >= 0.3 is 5.97 Å². The summed E-state index contributed by atoms with van der Waals surface area (Å²) in [4.78, 5) is 28.4. The number of aromatic nitrogens is 1. The van der Waals surface area contributed by atoms with Gasteiger partial charge in [-0.25, -0.2) is 4.39 Å². The van der Waals surface area contributed by atoms with Crippen LogP contribution >= 0.6 is 27.3 Å². The number of carbonyl (C=O) groups excluding carboxylic acids is 2. The highest BCUT2D eigenvalue weighted by atomic mass is 79.9. The SMILES string of the molecule is COC(=O)Cn1c(=NC(=O)c2ccccc2F)sc2cc(Br)ccc21. The molecule has 5 nitrogen and oxygen atoms in total. The Morgan fingerprint density at radius 2 is 2.04 bits per heavy atom. The van der Waals surface area contributed by atoms with Crippen molar-refractivity contribution in [3.63, 3.8) is 0 Å². The van der Waals surface area contributed by atoms with Crippen LogP contribution in [0.5, 0.6) is 0 Å². The predicted octanol–water partition coefficient (Wildman–Crippen LogP) is 3.52. The number of hydrogen-bond donors (Lipinski definition) is 0. The smallest absolute Gasteiger partial charge is 0.325 e. The van der Waals surface area contributed by atoms with Gasteiger partial charge in [0.15, 0.2) is 4.80 Å². The van der Waals surface area contributed by atoms with Crippen LogP contribution in [-0.2, 0) is 16.1 Å². The molecule has 0 radical (unpaired) electrons. The quantitative estimate of drug-likeness (QED) is 0.606. The van der Waals surface area contributed by atoms with E-state index in [9.17, 15) is 14.0 Å². The summed E-state index contributed by atoms with van der Waals surface area (Å²) in [6.45, 7) is -0.0957. The lowest BCUT2D eigenvalue weighted by molar-refractivity contribution is -0.141. The maximum Gasteiger partial charge on any atom is 0.325 e. The number of benzene rings is 2. The number of rotatable bonds is 3. The molecule has 0 bridgehead atoms. The minimum absolute atomic E-state index is 0.0957. The Balaban J connectivity index is 2.17. The second-order valence-electron chi connectivity index (χ2n) is 5.06. The molecule has 0 atom stereocenters. The number of ether oxygens (including phenoxy) is 1. The fourth-order valence-electron chi connectivity index (χ4n) is 2.26.